The highest BCUT2D eigenvalue weighted by atomic mass is 16.6. The molecule has 3 aromatic rings. The lowest BCUT2D eigenvalue weighted by Gasteiger charge is -2.33. The lowest BCUT2D eigenvalue weighted by molar-refractivity contribution is -0.0367. The molecule has 1 unspecified atom stereocenters. The number of nitrogens with zero attached hydrogens (tertiary/aromatic N) is 1. The molecular weight excluding hydrogens is 502 g/mol. The normalized spacial score (nSPS) is 11.9. The molecule has 0 heterocycles. The molecule has 0 aliphatic rings. The van der Waals surface area contributed by atoms with Gasteiger partial charge >= 0.3 is 18.3 Å². The summed E-state index contributed by atoms with van der Waals surface area (Å²) in [6.07, 6.45) is -3.55. The van der Waals surface area contributed by atoms with Crippen molar-refractivity contribution in [2.75, 3.05) is 6.61 Å². The van der Waals surface area contributed by atoms with Gasteiger partial charge in [0.1, 0.15) is 19.8 Å². The fraction of sp³-hybridized carbons (Fsp3) is 0.276. The molecule has 0 aliphatic heterocycles. The largest absolute Gasteiger partial charge is 0.445 e. The van der Waals surface area contributed by atoms with Crippen LogP contribution in [0.2, 0.25) is 0 Å². The number of nitrogens with one attached hydrogen (secondary N) is 2. The van der Waals surface area contributed by atoms with E-state index in [1.54, 1.807) is 38.1 Å². The molecule has 0 spiro atoms. The fourth-order valence-corrected chi connectivity index (χ4v) is 3.45. The van der Waals surface area contributed by atoms with Gasteiger partial charge in [-0.3, -0.25) is 5.32 Å². The molecule has 0 aliphatic carbocycles. The molecule has 2 atom stereocenters. The Bertz CT molecular complexity index is 1160. The van der Waals surface area contributed by atoms with Gasteiger partial charge in [-0.2, -0.15) is 0 Å². The van der Waals surface area contributed by atoms with Gasteiger partial charge in [0.2, 0.25) is 0 Å². The van der Waals surface area contributed by atoms with Gasteiger partial charge < -0.3 is 18.9 Å². The zero-order valence-corrected chi connectivity index (χ0v) is 21.9. The van der Waals surface area contributed by atoms with Crippen molar-refractivity contribution in [3.05, 3.63) is 108 Å². The van der Waals surface area contributed by atoms with E-state index in [9.17, 15) is 14.4 Å². The number of carbonyl (C=O) groups excluding carboxylic acids is 3. The molecule has 0 aromatic heterocycles. The summed E-state index contributed by atoms with van der Waals surface area (Å²) < 4.78 is 21.7. The van der Waals surface area contributed by atoms with Crippen molar-refractivity contribution in [1.29, 1.82) is 0 Å². The van der Waals surface area contributed by atoms with Crippen LogP contribution in [-0.2, 0) is 38.8 Å². The molecule has 10 nitrogen and oxygen atoms in total. The van der Waals surface area contributed by atoms with Gasteiger partial charge in [0.25, 0.3) is 0 Å². The second kappa shape index (κ2) is 15.6. The first-order valence-corrected chi connectivity index (χ1v) is 12.5. The van der Waals surface area contributed by atoms with Crippen molar-refractivity contribution in [2.24, 2.45) is 0 Å². The van der Waals surface area contributed by atoms with Crippen LogP contribution < -0.4 is 10.7 Å². The molecule has 3 amide bonds. The molecule has 0 saturated heterocycles. The van der Waals surface area contributed by atoms with E-state index >= 15 is 0 Å². The maximum atomic E-state index is 13.1. The third-order valence-electron chi connectivity index (χ3n) is 5.49. The molecule has 39 heavy (non-hydrogen) atoms. The maximum Gasteiger partial charge on any atom is 0.429 e. The van der Waals surface area contributed by atoms with E-state index in [1.165, 1.54) is 0 Å². The van der Waals surface area contributed by atoms with Gasteiger partial charge in [-0.15, -0.1) is 0 Å². The van der Waals surface area contributed by atoms with Crippen LogP contribution in [-0.4, -0.2) is 42.2 Å². The highest BCUT2D eigenvalue weighted by Crippen LogP contribution is 2.11. The van der Waals surface area contributed by atoms with Crippen molar-refractivity contribution in [2.45, 2.75) is 45.9 Å². The van der Waals surface area contributed by atoms with E-state index in [4.69, 9.17) is 18.9 Å². The average molecular weight is 536 g/mol. The molecular formula is C29H33N3O7. The summed E-state index contributed by atoms with van der Waals surface area (Å²) >= 11 is 0. The third-order valence-corrected chi connectivity index (χ3v) is 5.49. The fourth-order valence-electron chi connectivity index (χ4n) is 3.45. The van der Waals surface area contributed by atoms with Crippen LogP contribution >= 0.6 is 0 Å². The zero-order valence-electron chi connectivity index (χ0n) is 21.9. The lowest BCUT2D eigenvalue weighted by Crippen LogP contribution is -2.59. The van der Waals surface area contributed by atoms with E-state index in [0.29, 0.717) is 0 Å². The Hall–Kier alpha value is -4.57. The number of ether oxygens (including phenoxy) is 4. The van der Waals surface area contributed by atoms with Crippen molar-refractivity contribution >= 4 is 18.3 Å². The second-order valence-corrected chi connectivity index (χ2v) is 8.41. The Labute approximate surface area is 227 Å². The summed E-state index contributed by atoms with van der Waals surface area (Å²) in [5.41, 5.74) is 4.76. The number of rotatable bonds is 11. The van der Waals surface area contributed by atoms with Gasteiger partial charge in [-0.1, -0.05) is 91.0 Å². The van der Waals surface area contributed by atoms with E-state index in [1.807, 2.05) is 66.7 Å². The van der Waals surface area contributed by atoms with Crippen LogP contribution in [0, 0.1) is 0 Å². The lowest BCUT2D eigenvalue weighted by atomic mass is 10.2. The quantitative estimate of drug-likeness (QED) is 0.198. The summed E-state index contributed by atoms with van der Waals surface area (Å²) in [5.74, 6) is 0. The maximum absolute atomic E-state index is 13.1. The Morgan fingerprint density at radius 3 is 1.59 bits per heavy atom. The van der Waals surface area contributed by atoms with Crippen LogP contribution in [0.3, 0.4) is 0 Å². The van der Waals surface area contributed by atoms with E-state index in [-0.39, 0.29) is 26.4 Å². The minimum atomic E-state index is -1.04. The first-order chi connectivity index (χ1) is 19.0. The van der Waals surface area contributed by atoms with Crippen LogP contribution in [0.5, 0.6) is 0 Å². The SMILES string of the molecule is CCOC(NC(=O)OCc1ccccc1)[C@@H](C)N(NC(=O)OCc1ccccc1)C(=O)OCc1ccccc1. The number of amides is 3. The number of benzene rings is 3. The molecule has 0 radical (unpaired) electrons. The minimum Gasteiger partial charge on any atom is -0.445 e. The highest BCUT2D eigenvalue weighted by Gasteiger charge is 2.32. The zero-order chi connectivity index (χ0) is 27.9. The first-order valence-electron chi connectivity index (χ1n) is 12.5. The van der Waals surface area contributed by atoms with E-state index < -0.39 is 30.5 Å². The molecule has 10 heteroatoms. The second-order valence-electron chi connectivity index (χ2n) is 8.41. The van der Waals surface area contributed by atoms with Gasteiger partial charge in [-0.05, 0) is 30.5 Å². The Morgan fingerprint density at radius 1 is 0.692 bits per heavy atom. The third kappa shape index (κ3) is 10.0. The number of alkyl carbamates (subject to hydrolysis) is 1. The van der Waals surface area contributed by atoms with E-state index in [0.717, 1.165) is 21.7 Å². The summed E-state index contributed by atoms with van der Waals surface area (Å²) in [5, 5.41) is 3.53. The first kappa shape index (κ1) is 29.0. The van der Waals surface area contributed by atoms with Gasteiger partial charge in [0.15, 0.2) is 6.23 Å². The van der Waals surface area contributed by atoms with Crippen LogP contribution in [0.25, 0.3) is 0 Å². The summed E-state index contributed by atoms with van der Waals surface area (Å²) in [6.45, 7) is 3.53. The van der Waals surface area contributed by atoms with Gasteiger partial charge in [0.05, 0.1) is 6.04 Å². The Balaban J connectivity index is 1.67. The van der Waals surface area contributed by atoms with E-state index in [2.05, 4.69) is 10.7 Å². The average Bonchev–Trinajstić information content (AvgIpc) is 2.97. The summed E-state index contributed by atoms with van der Waals surface area (Å²) in [7, 11) is 0. The molecule has 0 bridgehead atoms. The van der Waals surface area contributed by atoms with Gasteiger partial charge in [0, 0.05) is 6.61 Å². The highest BCUT2D eigenvalue weighted by molar-refractivity contribution is 5.74. The number of hydrogen-bond donors (Lipinski definition) is 2. The molecule has 0 saturated carbocycles. The Kier molecular flexibility index (Phi) is 11.6. The van der Waals surface area contributed by atoms with Crippen LogP contribution in [0.1, 0.15) is 30.5 Å². The number of carbonyl (C=O) groups is 3. The summed E-state index contributed by atoms with van der Waals surface area (Å²) in [6, 6.07) is 26.5. The topological polar surface area (TPSA) is 115 Å². The predicted octanol–water partition coefficient (Wildman–Crippen LogP) is 5.14. The standard InChI is InChI=1S/C29H33N3O7/c1-3-36-26(30-27(33)37-19-23-13-7-4-8-14-23)22(2)32(29(35)39-21-25-17-11-6-12-18-25)31-28(34)38-20-24-15-9-5-10-16-24/h4-18,22,26H,3,19-21H2,1-2H3,(H,30,33)(H,31,34)/t22-,26?/m1/s1. The van der Waals surface area contributed by atoms with Crippen molar-refractivity contribution in [3.8, 4) is 0 Å². The van der Waals surface area contributed by atoms with Crippen LogP contribution in [0.15, 0.2) is 91.0 Å². The van der Waals surface area contributed by atoms with Crippen molar-refractivity contribution in [1.82, 2.24) is 15.8 Å². The molecule has 2 N–H and O–H groups in total. The summed E-state index contributed by atoms with van der Waals surface area (Å²) in [4.78, 5) is 38.3. The molecule has 0 fully saturated rings. The minimum absolute atomic E-state index is 0.00704. The molecule has 3 aromatic carbocycles. The monoisotopic (exact) mass is 535 g/mol. The van der Waals surface area contributed by atoms with Crippen molar-refractivity contribution in [3.63, 3.8) is 0 Å². The molecule has 206 valence electrons. The molecule has 3 rings (SSSR count). The number of hydrogen-bond acceptors (Lipinski definition) is 7. The Morgan fingerprint density at radius 2 is 1.13 bits per heavy atom. The number of hydrazine groups is 1. The van der Waals surface area contributed by atoms with Crippen LogP contribution in [0.4, 0.5) is 14.4 Å². The predicted molar refractivity (Wildman–Crippen MR) is 143 cm³/mol. The van der Waals surface area contributed by atoms with Gasteiger partial charge in [-0.25, -0.2) is 24.8 Å². The smallest absolute Gasteiger partial charge is 0.429 e. The van der Waals surface area contributed by atoms with Crippen molar-refractivity contribution < 1.29 is 33.3 Å².